The highest BCUT2D eigenvalue weighted by Gasteiger charge is 2.30. The van der Waals surface area contributed by atoms with Gasteiger partial charge in [-0.3, -0.25) is 14.4 Å². The number of rotatable bonds is 9. The number of carbonyl (C=O) groups is 4. The third-order valence-corrected chi connectivity index (χ3v) is 8.27. The summed E-state index contributed by atoms with van der Waals surface area (Å²) in [7, 11) is 1.31. The summed E-state index contributed by atoms with van der Waals surface area (Å²) in [6.45, 7) is 4.06. The summed E-state index contributed by atoms with van der Waals surface area (Å²) in [5, 5.41) is 5.62. The fourth-order valence-corrected chi connectivity index (χ4v) is 6.24. The highest BCUT2D eigenvalue weighted by Crippen LogP contribution is 2.38. The number of amides is 3. The number of ether oxygens (including phenoxy) is 2. The smallest absolute Gasteiger partial charge is 0.341 e. The van der Waals surface area contributed by atoms with Gasteiger partial charge < -0.3 is 25.0 Å². The fourth-order valence-electron chi connectivity index (χ4n) is 4.06. The number of nitrogens with zero attached hydrogens (tertiary/aromatic N) is 1. The van der Waals surface area contributed by atoms with Gasteiger partial charge in [0, 0.05) is 28.9 Å². The van der Waals surface area contributed by atoms with Gasteiger partial charge in [-0.15, -0.1) is 23.1 Å². The van der Waals surface area contributed by atoms with E-state index in [0.717, 1.165) is 15.3 Å². The van der Waals surface area contributed by atoms with Crippen LogP contribution in [0.25, 0.3) is 0 Å². The summed E-state index contributed by atoms with van der Waals surface area (Å²) in [5.41, 5.74) is 1.76. The van der Waals surface area contributed by atoms with E-state index in [1.807, 2.05) is 24.3 Å². The van der Waals surface area contributed by atoms with Gasteiger partial charge in [-0.05, 0) is 49.2 Å². The van der Waals surface area contributed by atoms with Gasteiger partial charge in [-0.2, -0.15) is 0 Å². The Bertz CT molecular complexity index is 1370. The predicted octanol–water partition coefficient (Wildman–Crippen LogP) is 4.58. The van der Waals surface area contributed by atoms with E-state index in [9.17, 15) is 19.2 Å². The van der Waals surface area contributed by atoms with Gasteiger partial charge in [0.05, 0.1) is 24.5 Å². The summed E-state index contributed by atoms with van der Waals surface area (Å²) < 4.78 is 10.5. The number of anilines is 2. The molecule has 0 radical (unpaired) electrons. The Morgan fingerprint density at radius 1 is 1.08 bits per heavy atom. The average Bonchev–Trinajstić information content (AvgIpc) is 3.29. The molecule has 1 aliphatic rings. The molecule has 2 aromatic carbocycles. The van der Waals surface area contributed by atoms with E-state index in [4.69, 9.17) is 9.47 Å². The van der Waals surface area contributed by atoms with Gasteiger partial charge >= 0.3 is 5.97 Å². The Morgan fingerprint density at radius 3 is 2.56 bits per heavy atom. The van der Waals surface area contributed by atoms with E-state index in [0.29, 0.717) is 41.5 Å². The number of esters is 1. The second kappa shape index (κ2) is 12.8. The number of para-hydroxylation sites is 1. The van der Waals surface area contributed by atoms with E-state index >= 15 is 0 Å². The van der Waals surface area contributed by atoms with Gasteiger partial charge in [0.2, 0.25) is 11.8 Å². The van der Waals surface area contributed by atoms with Crippen molar-refractivity contribution in [3.05, 3.63) is 70.6 Å². The largest absolute Gasteiger partial charge is 0.484 e. The maximum Gasteiger partial charge on any atom is 0.341 e. The standard InChI is InChI=1S/C28H29N3O6S2/c1-17(38-21-11-7-8-19(14-21)29-24(33)16-37-20-9-5-4-6-10-20)26(34)30-27-25(28(35)36-3)22-12-13-31(18(2)32)15-23(22)39-27/h4-11,14,17H,12-13,15-16H2,1-3H3,(H,29,33)(H,30,34). The van der Waals surface area contributed by atoms with Crippen molar-refractivity contribution in [2.24, 2.45) is 0 Å². The molecular weight excluding hydrogens is 538 g/mol. The van der Waals surface area contributed by atoms with Crippen LogP contribution in [0.1, 0.15) is 34.6 Å². The zero-order chi connectivity index (χ0) is 27.9. The maximum atomic E-state index is 13.1. The molecule has 2 heterocycles. The summed E-state index contributed by atoms with van der Waals surface area (Å²) in [5.74, 6) is -0.523. The van der Waals surface area contributed by atoms with Gasteiger partial charge in [-0.1, -0.05) is 24.3 Å². The Kier molecular flexibility index (Phi) is 9.26. The van der Waals surface area contributed by atoms with Crippen LogP contribution in [-0.4, -0.2) is 54.1 Å². The molecule has 0 aliphatic carbocycles. The molecule has 3 aromatic rings. The first-order valence-corrected chi connectivity index (χ1v) is 14.0. The lowest BCUT2D eigenvalue weighted by Crippen LogP contribution is -2.33. The minimum absolute atomic E-state index is 0.0357. The number of benzene rings is 2. The molecule has 11 heteroatoms. The number of thiophene rings is 1. The molecule has 4 rings (SSSR count). The lowest BCUT2D eigenvalue weighted by Gasteiger charge is -2.25. The first kappa shape index (κ1) is 28.2. The molecule has 0 bridgehead atoms. The van der Waals surface area contributed by atoms with Crippen LogP contribution in [0.3, 0.4) is 0 Å². The highest BCUT2D eigenvalue weighted by atomic mass is 32.2. The highest BCUT2D eigenvalue weighted by molar-refractivity contribution is 8.00. The quantitative estimate of drug-likeness (QED) is 0.288. The molecule has 204 valence electrons. The molecule has 0 saturated heterocycles. The molecule has 0 saturated carbocycles. The molecule has 1 aliphatic heterocycles. The Labute approximate surface area is 234 Å². The molecule has 1 unspecified atom stereocenters. The lowest BCUT2D eigenvalue weighted by molar-refractivity contribution is -0.129. The fraction of sp³-hybridized carbons (Fsp3) is 0.286. The maximum absolute atomic E-state index is 13.1. The van der Waals surface area contributed by atoms with Crippen molar-refractivity contribution in [2.75, 3.05) is 30.9 Å². The number of carbonyl (C=O) groups excluding carboxylic acids is 4. The summed E-state index contributed by atoms with van der Waals surface area (Å²) in [6.07, 6.45) is 0.519. The van der Waals surface area contributed by atoms with Gasteiger partial charge in [-0.25, -0.2) is 4.79 Å². The number of hydrogen-bond donors (Lipinski definition) is 2. The Balaban J connectivity index is 1.39. The molecule has 0 spiro atoms. The number of thioether (sulfide) groups is 1. The lowest BCUT2D eigenvalue weighted by atomic mass is 10.0. The minimum Gasteiger partial charge on any atom is -0.484 e. The van der Waals surface area contributed by atoms with Crippen molar-refractivity contribution < 1.29 is 28.7 Å². The van der Waals surface area contributed by atoms with Crippen LogP contribution >= 0.6 is 23.1 Å². The zero-order valence-corrected chi connectivity index (χ0v) is 23.4. The Hall–Kier alpha value is -3.83. The van der Waals surface area contributed by atoms with E-state index < -0.39 is 11.2 Å². The van der Waals surface area contributed by atoms with Crippen molar-refractivity contribution in [2.45, 2.75) is 37.0 Å². The monoisotopic (exact) mass is 567 g/mol. The summed E-state index contributed by atoms with van der Waals surface area (Å²) in [4.78, 5) is 53.2. The molecule has 3 amide bonds. The van der Waals surface area contributed by atoms with Gasteiger partial charge in [0.15, 0.2) is 6.61 Å². The molecular formula is C28H29N3O6S2. The van der Waals surface area contributed by atoms with Crippen molar-refractivity contribution in [1.82, 2.24) is 4.90 Å². The second-order valence-corrected chi connectivity index (χ2v) is 11.3. The SMILES string of the molecule is COC(=O)c1c(NC(=O)C(C)Sc2cccc(NC(=O)COc3ccccc3)c2)sc2c1CCN(C(C)=O)C2. The van der Waals surface area contributed by atoms with Crippen molar-refractivity contribution in [3.8, 4) is 5.75 Å². The number of nitrogens with one attached hydrogen (secondary N) is 2. The van der Waals surface area contributed by atoms with E-state index in [-0.39, 0.29) is 24.3 Å². The van der Waals surface area contributed by atoms with Crippen molar-refractivity contribution in [1.29, 1.82) is 0 Å². The first-order valence-electron chi connectivity index (χ1n) is 12.3. The molecule has 39 heavy (non-hydrogen) atoms. The molecule has 2 N–H and O–H groups in total. The molecule has 1 aromatic heterocycles. The van der Waals surface area contributed by atoms with Gasteiger partial charge in [0.1, 0.15) is 10.8 Å². The second-order valence-electron chi connectivity index (χ2n) is 8.82. The van der Waals surface area contributed by atoms with Crippen LogP contribution < -0.4 is 15.4 Å². The van der Waals surface area contributed by atoms with Crippen LogP contribution in [0, 0.1) is 0 Å². The number of hydrogen-bond acceptors (Lipinski definition) is 8. The predicted molar refractivity (Wildman–Crippen MR) is 151 cm³/mol. The van der Waals surface area contributed by atoms with Crippen LogP contribution in [0.15, 0.2) is 59.5 Å². The summed E-state index contributed by atoms with van der Waals surface area (Å²) >= 11 is 2.62. The first-order chi connectivity index (χ1) is 18.7. The van der Waals surface area contributed by atoms with Gasteiger partial charge in [0.25, 0.3) is 5.91 Å². The third-order valence-electron chi connectivity index (χ3n) is 6.04. The molecule has 1 atom stereocenters. The topological polar surface area (TPSA) is 114 Å². The van der Waals surface area contributed by atoms with E-state index in [1.54, 1.807) is 42.2 Å². The zero-order valence-electron chi connectivity index (χ0n) is 21.8. The molecule has 9 nitrogen and oxygen atoms in total. The van der Waals surface area contributed by atoms with Crippen LogP contribution in [0.5, 0.6) is 5.75 Å². The summed E-state index contributed by atoms with van der Waals surface area (Å²) in [6, 6.07) is 16.3. The molecule has 0 fully saturated rings. The Morgan fingerprint density at radius 2 is 1.85 bits per heavy atom. The van der Waals surface area contributed by atoms with E-state index in [2.05, 4.69) is 10.6 Å². The van der Waals surface area contributed by atoms with Crippen LogP contribution in [0.4, 0.5) is 10.7 Å². The van der Waals surface area contributed by atoms with Crippen LogP contribution in [-0.2, 0) is 32.1 Å². The third kappa shape index (κ3) is 7.18. The van der Waals surface area contributed by atoms with E-state index in [1.165, 1.54) is 37.1 Å². The minimum atomic E-state index is -0.515. The van der Waals surface area contributed by atoms with Crippen molar-refractivity contribution in [3.63, 3.8) is 0 Å². The normalized spacial score (nSPS) is 13.2. The number of methoxy groups -OCH3 is 1. The van der Waals surface area contributed by atoms with Crippen molar-refractivity contribution >= 4 is 57.5 Å². The van der Waals surface area contributed by atoms with Crippen LogP contribution in [0.2, 0.25) is 0 Å². The average molecular weight is 568 g/mol. The number of fused-ring (bicyclic) bond motifs is 1.